The molecule has 0 rings (SSSR count). The van der Waals surface area contributed by atoms with Gasteiger partial charge in [0.1, 0.15) is 0 Å². The Morgan fingerprint density at radius 2 is 2.36 bits per heavy atom. The first-order valence-electron chi connectivity index (χ1n) is 3.07. The van der Waals surface area contributed by atoms with Crippen LogP contribution in [-0.2, 0) is 4.79 Å². The first-order chi connectivity index (χ1) is 5.11. The minimum Gasteiger partial charge on any atom is -0.477 e. The lowest BCUT2D eigenvalue weighted by molar-refractivity contribution is -0.131. The van der Waals surface area contributed by atoms with Crippen LogP contribution in [0.3, 0.4) is 0 Å². The highest BCUT2D eigenvalue weighted by Crippen LogP contribution is 2.20. The van der Waals surface area contributed by atoms with Crippen molar-refractivity contribution in [2.45, 2.75) is 19.1 Å². The number of carboxylic acid groups (broad SMARTS) is 1. The third kappa shape index (κ3) is 3.68. The van der Waals surface area contributed by atoms with Crippen LogP contribution < -0.4 is 0 Å². The van der Waals surface area contributed by atoms with Crippen LogP contribution in [0.1, 0.15) is 13.8 Å². The summed E-state index contributed by atoms with van der Waals surface area (Å²) in [6.07, 6.45) is 1.49. The van der Waals surface area contributed by atoms with Gasteiger partial charge in [-0.05, 0) is 13.8 Å². The van der Waals surface area contributed by atoms with Crippen molar-refractivity contribution in [2.24, 2.45) is 0 Å². The van der Waals surface area contributed by atoms with E-state index in [0.29, 0.717) is 0 Å². The van der Waals surface area contributed by atoms with Gasteiger partial charge in [0.25, 0.3) is 0 Å². The molecule has 0 heterocycles. The Hall–Kier alpha value is -0.950. The number of allylic oxidation sites excluding steroid dienone is 1. The normalized spacial score (nSPS) is 13.7. The Bertz CT molecular complexity index is 217. The van der Waals surface area contributed by atoms with Crippen molar-refractivity contribution in [3.63, 3.8) is 0 Å². The fourth-order valence-electron chi connectivity index (χ4n) is 0.459. The molecule has 0 amide bonds. The second-order valence-corrected chi connectivity index (χ2v) is 3.23. The van der Waals surface area contributed by atoms with Gasteiger partial charge in [-0.15, -0.1) is 11.8 Å². The zero-order valence-electron chi connectivity index (χ0n) is 6.37. The summed E-state index contributed by atoms with van der Waals surface area (Å²) in [6.45, 7) is 3.30. The highest BCUT2D eigenvalue weighted by atomic mass is 32.2. The summed E-state index contributed by atoms with van der Waals surface area (Å²) >= 11 is 1.05. The summed E-state index contributed by atoms with van der Waals surface area (Å²) in [5, 5.41) is 16.6. The van der Waals surface area contributed by atoms with E-state index < -0.39 is 5.97 Å². The highest BCUT2D eigenvalue weighted by Gasteiger charge is 2.10. The van der Waals surface area contributed by atoms with Crippen molar-refractivity contribution in [2.75, 3.05) is 0 Å². The van der Waals surface area contributed by atoms with Crippen molar-refractivity contribution in [1.29, 1.82) is 5.26 Å². The molecule has 0 saturated carbocycles. The van der Waals surface area contributed by atoms with Crippen LogP contribution in [0.4, 0.5) is 0 Å². The largest absolute Gasteiger partial charge is 0.477 e. The van der Waals surface area contributed by atoms with Crippen LogP contribution >= 0.6 is 11.8 Å². The molecular weight excluding hydrogens is 162 g/mol. The Balaban J connectivity index is 4.14. The summed E-state index contributed by atoms with van der Waals surface area (Å²) in [6, 6.07) is 1.94. The molecule has 3 nitrogen and oxygen atoms in total. The smallest absolute Gasteiger partial charge is 0.341 e. The molecule has 0 aliphatic carbocycles. The van der Waals surface area contributed by atoms with Crippen molar-refractivity contribution in [3.05, 3.63) is 11.0 Å². The fourth-order valence-corrected chi connectivity index (χ4v) is 1.13. The minimum absolute atomic E-state index is 0.221. The second-order valence-electron chi connectivity index (χ2n) is 1.85. The third-order valence-electron chi connectivity index (χ3n) is 0.959. The van der Waals surface area contributed by atoms with Gasteiger partial charge >= 0.3 is 5.97 Å². The lowest BCUT2D eigenvalue weighted by Gasteiger charge is -2.00. The van der Waals surface area contributed by atoms with Gasteiger partial charge in [-0.1, -0.05) is 6.08 Å². The van der Waals surface area contributed by atoms with E-state index in [2.05, 4.69) is 0 Å². The van der Waals surface area contributed by atoms with Gasteiger partial charge in [-0.3, -0.25) is 0 Å². The number of hydrogen-bond donors (Lipinski definition) is 1. The second kappa shape index (κ2) is 4.80. The van der Waals surface area contributed by atoms with E-state index in [1.54, 1.807) is 13.8 Å². The fraction of sp³-hybridized carbons (Fsp3) is 0.429. The molecule has 60 valence electrons. The molecule has 0 saturated heterocycles. The molecule has 0 aromatic heterocycles. The van der Waals surface area contributed by atoms with E-state index in [1.807, 2.05) is 6.07 Å². The summed E-state index contributed by atoms with van der Waals surface area (Å²) in [5.41, 5.74) is 0. The van der Waals surface area contributed by atoms with Crippen molar-refractivity contribution in [1.82, 2.24) is 0 Å². The number of thioether (sulfide) groups is 1. The molecule has 11 heavy (non-hydrogen) atoms. The molecule has 0 aromatic carbocycles. The van der Waals surface area contributed by atoms with Gasteiger partial charge < -0.3 is 5.11 Å². The zero-order valence-corrected chi connectivity index (χ0v) is 7.18. The number of carbonyl (C=O) groups is 1. The molecule has 4 heteroatoms. The number of hydrogen-bond acceptors (Lipinski definition) is 3. The highest BCUT2D eigenvalue weighted by molar-refractivity contribution is 8.04. The lowest BCUT2D eigenvalue weighted by Crippen LogP contribution is -2.00. The molecule has 0 bridgehead atoms. The van der Waals surface area contributed by atoms with Gasteiger partial charge in [0.15, 0.2) is 0 Å². The Morgan fingerprint density at radius 1 is 1.82 bits per heavy atom. The standard InChI is InChI=1S/C7H9NO2S/c1-3-6(7(9)10)11-5(2)4-8/h3,5H,1-2H3,(H,9,10). The number of nitriles is 1. The number of aliphatic carboxylic acids is 1. The molecule has 0 spiro atoms. The van der Waals surface area contributed by atoms with Gasteiger partial charge in [-0.2, -0.15) is 5.26 Å². The maximum absolute atomic E-state index is 10.4. The predicted octanol–water partition coefficient (Wildman–Crippen LogP) is 1.62. The zero-order chi connectivity index (χ0) is 8.85. The van der Waals surface area contributed by atoms with E-state index in [4.69, 9.17) is 10.4 Å². The van der Waals surface area contributed by atoms with E-state index in [0.717, 1.165) is 11.8 Å². The summed E-state index contributed by atoms with van der Waals surface area (Å²) < 4.78 is 0. The Kier molecular flexibility index (Phi) is 4.39. The number of rotatable bonds is 3. The van der Waals surface area contributed by atoms with Crippen molar-refractivity contribution in [3.8, 4) is 6.07 Å². The molecule has 1 N–H and O–H groups in total. The molecule has 0 radical (unpaired) electrons. The third-order valence-corrected chi connectivity index (χ3v) is 2.08. The molecule has 1 unspecified atom stereocenters. The Morgan fingerprint density at radius 3 is 2.64 bits per heavy atom. The van der Waals surface area contributed by atoms with E-state index in [1.165, 1.54) is 6.08 Å². The molecule has 1 atom stereocenters. The van der Waals surface area contributed by atoms with Crippen LogP contribution in [0.25, 0.3) is 0 Å². The first-order valence-corrected chi connectivity index (χ1v) is 3.95. The molecule has 0 aliphatic rings. The van der Waals surface area contributed by atoms with Gasteiger partial charge in [0, 0.05) is 0 Å². The van der Waals surface area contributed by atoms with Crippen molar-refractivity contribution < 1.29 is 9.90 Å². The molecule has 0 aliphatic heterocycles. The monoisotopic (exact) mass is 171 g/mol. The van der Waals surface area contributed by atoms with E-state index >= 15 is 0 Å². The summed E-state index contributed by atoms with van der Waals surface area (Å²) in [7, 11) is 0. The van der Waals surface area contributed by atoms with Gasteiger partial charge in [0.05, 0.1) is 16.2 Å². The Labute approximate surface area is 69.7 Å². The minimum atomic E-state index is -0.973. The average Bonchev–Trinajstić information content (AvgIpc) is 1.99. The van der Waals surface area contributed by atoms with Crippen LogP contribution in [0.5, 0.6) is 0 Å². The van der Waals surface area contributed by atoms with Crippen LogP contribution in [0, 0.1) is 11.3 Å². The quantitative estimate of drug-likeness (QED) is 0.655. The van der Waals surface area contributed by atoms with Crippen molar-refractivity contribution >= 4 is 17.7 Å². The molecular formula is C7H9NO2S. The summed E-state index contributed by atoms with van der Waals surface area (Å²) in [5.74, 6) is -0.973. The topological polar surface area (TPSA) is 61.1 Å². The first kappa shape index (κ1) is 10.0. The van der Waals surface area contributed by atoms with Gasteiger partial charge in [-0.25, -0.2) is 4.79 Å². The number of carboxylic acids is 1. The molecule has 0 fully saturated rings. The predicted molar refractivity (Wildman–Crippen MR) is 44.1 cm³/mol. The van der Waals surface area contributed by atoms with E-state index in [-0.39, 0.29) is 10.2 Å². The maximum Gasteiger partial charge on any atom is 0.341 e. The number of nitrogens with zero attached hydrogens (tertiary/aromatic N) is 1. The molecule has 0 aromatic rings. The van der Waals surface area contributed by atoms with Crippen LogP contribution in [-0.4, -0.2) is 16.3 Å². The van der Waals surface area contributed by atoms with Gasteiger partial charge in [0.2, 0.25) is 0 Å². The lowest BCUT2D eigenvalue weighted by atomic mass is 10.5. The van der Waals surface area contributed by atoms with Crippen LogP contribution in [0.2, 0.25) is 0 Å². The summed E-state index contributed by atoms with van der Waals surface area (Å²) in [4.78, 5) is 10.6. The maximum atomic E-state index is 10.4. The van der Waals surface area contributed by atoms with Crippen LogP contribution in [0.15, 0.2) is 11.0 Å². The van der Waals surface area contributed by atoms with E-state index in [9.17, 15) is 4.79 Å². The SMILES string of the molecule is CC=C(SC(C)C#N)C(=O)O. The average molecular weight is 171 g/mol.